The molecule has 1 aliphatic heterocycles. The van der Waals surface area contributed by atoms with Crippen LogP contribution >= 0.6 is 0 Å². The molecule has 0 saturated carbocycles. The van der Waals surface area contributed by atoms with E-state index in [0.29, 0.717) is 0 Å². The third-order valence-corrected chi connectivity index (χ3v) is 4.83. The van der Waals surface area contributed by atoms with E-state index in [1.165, 1.54) is 0 Å². The van der Waals surface area contributed by atoms with Crippen LogP contribution in [0.4, 0.5) is 5.69 Å². The molecule has 148 valence electrons. The molecule has 0 radical (unpaired) electrons. The summed E-state index contributed by atoms with van der Waals surface area (Å²) in [5.41, 5.74) is -0.0113. The van der Waals surface area contributed by atoms with Gasteiger partial charge in [-0.05, 0) is 31.5 Å². The second-order valence-corrected chi connectivity index (χ2v) is 6.47. The maximum absolute atomic E-state index is 13.2. The van der Waals surface area contributed by atoms with E-state index >= 15 is 0 Å². The standard InChI is InChI=1S/C22H25NO5/c1-3-26-20(24)22(21(25)27-4-2)15-16-28-23(18-13-9-6-10-14-18)19(22)17-11-7-5-8-12-17/h5-14,19H,3-4,15-16H2,1-2H3. The van der Waals surface area contributed by atoms with Crippen LogP contribution in [0.5, 0.6) is 0 Å². The van der Waals surface area contributed by atoms with Gasteiger partial charge in [0.05, 0.1) is 25.5 Å². The summed E-state index contributed by atoms with van der Waals surface area (Å²) in [7, 11) is 0. The van der Waals surface area contributed by atoms with E-state index in [-0.39, 0.29) is 26.2 Å². The molecule has 1 atom stereocenters. The van der Waals surface area contributed by atoms with Gasteiger partial charge in [0.15, 0.2) is 5.41 Å². The Labute approximate surface area is 165 Å². The van der Waals surface area contributed by atoms with Gasteiger partial charge in [0.1, 0.15) is 6.04 Å². The summed E-state index contributed by atoms with van der Waals surface area (Å²) in [6, 6.07) is 18.1. The number of anilines is 1. The molecule has 3 rings (SSSR count). The first-order valence-corrected chi connectivity index (χ1v) is 9.51. The number of hydrogen-bond donors (Lipinski definition) is 0. The number of benzene rings is 2. The van der Waals surface area contributed by atoms with Crippen molar-refractivity contribution >= 4 is 17.6 Å². The molecule has 0 aliphatic carbocycles. The molecule has 0 bridgehead atoms. The Morgan fingerprint density at radius 3 is 2.04 bits per heavy atom. The van der Waals surface area contributed by atoms with Crippen molar-refractivity contribution in [3.05, 3.63) is 66.2 Å². The zero-order valence-corrected chi connectivity index (χ0v) is 16.2. The van der Waals surface area contributed by atoms with Crippen molar-refractivity contribution in [3.8, 4) is 0 Å². The summed E-state index contributed by atoms with van der Waals surface area (Å²) < 4.78 is 10.7. The average molecular weight is 383 g/mol. The first-order chi connectivity index (χ1) is 13.6. The van der Waals surface area contributed by atoms with Crippen molar-refractivity contribution in [1.29, 1.82) is 0 Å². The van der Waals surface area contributed by atoms with Gasteiger partial charge in [-0.25, -0.2) is 5.06 Å². The zero-order valence-electron chi connectivity index (χ0n) is 16.2. The molecule has 28 heavy (non-hydrogen) atoms. The minimum absolute atomic E-state index is 0.174. The van der Waals surface area contributed by atoms with Gasteiger partial charge in [-0.2, -0.15) is 0 Å². The minimum Gasteiger partial charge on any atom is -0.465 e. The Bertz CT molecular complexity index is 775. The van der Waals surface area contributed by atoms with Crippen molar-refractivity contribution in [3.63, 3.8) is 0 Å². The molecular formula is C22H25NO5. The van der Waals surface area contributed by atoms with Crippen molar-refractivity contribution in [2.45, 2.75) is 26.3 Å². The Morgan fingerprint density at radius 2 is 1.50 bits per heavy atom. The second kappa shape index (κ2) is 8.89. The number of carbonyl (C=O) groups excluding carboxylic acids is 2. The minimum atomic E-state index is -1.53. The molecule has 1 heterocycles. The van der Waals surface area contributed by atoms with Crippen LogP contribution < -0.4 is 5.06 Å². The fraction of sp³-hybridized carbons (Fsp3) is 0.364. The van der Waals surface area contributed by atoms with E-state index in [4.69, 9.17) is 14.3 Å². The van der Waals surface area contributed by atoms with Crippen molar-refractivity contribution < 1.29 is 23.9 Å². The van der Waals surface area contributed by atoms with Gasteiger partial charge in [-0.15, -0.1) is 0 Å². The summed E-state index contributed by atoms with van der Waals surface area (Å²) in [4.78, 5) is 32.3. The summed E-state index contributed by atoms with van der Waals surface area (Å²) in [6.45, 7) is 3.99. The fourth-order valence-electron chi connectivity index (χ4n) is 3.60. The van der Waals surface area contributed by atoms with Crippen molar-refractivity contribution in [2.24, 2.45) is 5.41 Å². The first kappa shape index (κ1) is 19.9. The van der Waals surface area contributed by atoms with Crippen LogP contribution in [0.1, 0.15) is 31.9 Å². The van der Waals surface area contributed by atoms with Gasteiger partial charge < -0.3 is 9.47 Å². The fourth-order valence-corrected chi connectivity index (χ4v) is 3.60. The van der Waals surface area contributed by atoms with Crippen molar-refractivity contribution in [2.75, 3.05) is 24.9 Å². The van der Waals surface area contributed by atoms with Gasteiger partial charge in [0.2, 0.25) is 0 Å². The summed E-state index contributed by atoms with van der Waals surface area (Å²) in [6.07, 6.45) is 0.174. The monoisotopic (exact) mass is 383 g/mol. The highest BCUT2D eigenvalue weighted by Crippen LogP contribution is 2.48. The molecule has 2 aromatic carbocycles. The zero-order chi connectivity index (χ0) is 20.0. The highest BCUT2D eigenvalue weighted by Gasteiger charge is 2.60. The van der Waals surface area contributed by atoms with Crippen LogP contribution in [-0.2, 0) is 23.9 Å². The number of para-hydroxylation sites is 1. The number of hydrogen-bond acceptors (Lipinski definition) is 6. The molecule has 0 amide bonds. The third kappa shape index (κ3) is 3.60. The summed E-state index contributed by atoms with van der Waals surface area (Å²) >= 11 is 0. The largest absolute Gasteiger partial charge is 0.465 e. The van der Waals surface area contributed by atoms with E-state index in [1.807, 2.05) is 60.7 Å². The lowest BCUT2D eigenvalue weighted by Gasteiger charge is -2.46. The molecule has 1 fully saturated rings. The third-order valence-electron chi connectivity index (χ3n) is 4.83. The van der Waals surface area contributed by atoms with E-state index in [0.717, 1.165) is 11.3 Å². The Morgan fingerprint density at radius 1 is 0.964 bits per heavy atom. The molecular weight excluding hydrogens is 358 g/mol. The predicted molar refractivity (Wildman–Crippen MR) is 104 cm³/mol. The van der Waals surface area contributed by atoms with E-state index in [9.17, 15) is 9.59 Å². The van der Waals surface area contributed by atoms with Gasteiger partial charge in [0, 0.05) is 6.42 Å². The molecule has 6 nitrogen and oxygen atoms in total. The molecule has 0 N–H and O–H groups in total. The average Bonchev–Trinajstić information content (AvgIpc) is 2.74. The van der Waals surface area contributed by atoms with Gasteiger partial charge in [-0.3, -0.25) is 14.4 Å². The summed E-state index contributed by atoms with van der Waals surface area (Å²) in [5, 5.41) is 1.63. The lowest BCUT2D eigenvalue weighted by Crippen LogP contribution is -2.56. The van der Waals surface area contributed by atoms with E-state index in [2.05, 4.69) is 0 Å². The molecule has 1 aliphatic rings. The number of ether oxygens (including phenoxy) is 2. The Balaban J connectivity index is 2.19. The lowest BCUT2D eigenvalue weighted by atomic mass is 9.73. The van der Waals surface area contributed by atoms with Gasteiger partial charge in [-0.1, -0.05) is 48.5 Å². The SMILES string of the molecule is CCOC(=O)C1(C(=O)OCC)CCON(c2ccccc2)C1c1ccccc1. The highest BCUT2D eigenvalue weighted by molar-refractivity contribution is 6.02. The van der Waals surface area contributed by atoms with Crippen LogP contribution in [-0.4, -0.2) is 31.8 Å². The molecule has 2 aromatic rings. The highest BCUT2D eigenvalue weighted by atomic mass is 16.7. The van der Waals surface area contributed by atoms with E-state index in [1.54, 1.807) is 18.9 Å². The molecule has 1 saturated heterocycles. The molecule has 0 spiro atoms. The number of esters is 2. The second-order valence-electron chi connectivity index (χ2n) is 6.47. The number of nitrogens with zero attached hydrogens (tertiary/aromatic N) is 1. The van der Waals surface area contributed by atoms with Crippen LogP contribution in [0, 0.1) is 5.41 Å². The Hall–Kier alpha value is -2.86. The molecule has 6 heteroatoms. The number of hydroxylamine groups is 1. The van der Waals surface area contributed by atoms with Crippen LogP contribution in [0.2, 0.25) is 0 Å². The quantitative estimate of drug-likeness (QED) is 0.560. The van der Waals surface area contributed by atoms with E-state index < -0.39 is 23.4 Å². The molecule has 1 unspecified atom stereocenters. The normalized spacial score (nSPS) is 18.4. The van der Waals surface area contributed by atoms with Crippen LogP contribution in [0.15, 0.2) is 60.7 Å². The number of rotatable bonds is 6. The van der Waals surface area contributed by atoms with Crippen LogP contribution in [0.3, 0.4) is 0 Å². The van der Waals surface area contributed by atoms with Gasteiger partial charge in [0.25, 0.3) is 0 Å². The predicted octanol–water partition coefficient (Wildman–Crippen LogP) is 3.68. The smallest absolute Gasteiger partial charge is 0.326 e. The van der Waals surface area contributed by atoms with Gasteiger partial charge >= 0.3 is 11.9 Å². The summed E-state index contributed by atoms with van der Waals surface area (Å²) in [5.74, 6) is -1.18. The Kier molecular flexibility index (Phi) is 6.31. The maximum Gasteiger partial charge on any atom is 0.326 e. The van der Waals surface area contributed by atoms with Crippen molar-refractivity contribution in [1.82, 2.24) is 0 Å². The van der Waals surface area contributed by atoms with Crippen LogP contribution in [0.25, 0.3) is 0 Å². The lowest BCUT2D eigenvalue weighted by molar-refractivity contribution is -0.183. The molecule has 0 aromatic heterocycles. The number of carbonyl (C=O) groups is 2. The first-order valence-electron chi connectivity index (χ1n) is 9.51. The maximum atomic E-state index is 13.2. The topological polar surface area (TPSA) is 65.1 Å².